The van der Waals surface area contributed by atoms with E-state index >= 15 is 0 Å². The summed E-state index contributed by atoms with van der Waals surface area (Å²) in [6.07, 6.45) is 1.94. The van der Waals surface area contributed by atoms with Gasteiger partial charge in [-0.25, -0.2) is 9.78 Å². The predicted octanol–water partition coefficient (Wildman–Crippen LogP) is -1.33. The molecule has 0 aromatic carbocycles. The second-order valence-electron chi connectivity index (χ2n) is 5.77. The number of H-pyrrole nitrogens is 1. The Labute approximate surface area is 142 Å². The van der Waals surface area contributed by atoms with Crippen molar-refractivity contribution in [2.45, 2.75) is 6.67 Å². The van der Waals surface area contributed by atoms with Crippen molar-refractivity contribution in [3.63, 3.8) is 0 Å². The lowest BCUT2D eigenvalue weighted by Gasteiger charge is -2.27. The van der Waals surface area contributed by atoms with Crippen molar-refractivity contribution >= 4 is 17.2 Å². The number of piperazine rings is 1. The molecule has 0 radical (unpaired) electrons. The van der Waals surface area contributed by atoms with Crippen LogP contribution in [-0.2, 0) is 6.67 Å². The Kier molecular flexibility index (Phi) is 4.09. The summed E-state index contributed by atoms with van der Waals surface area (Å²) in [6, 6.07) is 9.87. The molecule has 0 saturated carbocycles. The van der Waals surface area contributed by atoms with E-state index in [0.29, 0.717) is 6.67 Å². The maximum atomic E-state index is 12.4. The van der Waals surface area contributed by atoms with Gasteiger partial charge in [-0.3, -0.25) is 4.90 Å². The molecule has 4 rings (SSSR count). The topological polar surface area (TPSA) is 74.5 Å². The van der Waals surface area contributed by atoms with Crippen LogP contribution in [0.2, 0.25) is 0 Å². The van der Waals surface area contributed by atoms with Crippen molar-refractivity contribution in [1.82, 2.24) is 19.8 Å². The van der Waals surface area contributed by atoms with Crippen molar-refractivity contribution in [1.29, 1.82) is 0 Å². The third-order valence-electron chi connectivity index (χ3n) is 4.23. The van der Waals surface area contributed by atoms with E-state index in [-0.39, 0.29) is 5.69 Å². The molecule has 124 valence electrons. The lowest BCUT2D eigenvalue weighted by atomic mass is 10.3. The highest BCUT2D eigenvalue weighted by atomic mass is 32.1. The lowest BCUT2D eigenvalue weighted by molar-refractivity contribution is -0.924. The molecule has 4 heterocycles. The highest BCUT2D eigenvalue weighted by Gasteiger charge is 2.26. The largest absolute Gasteiger partial charge is 0.374 e. The molecule has 1 aliphatic heterocycles. The number of tetrazole rings is 1. The van der Waals surface area contributed by atoms with E-state index in [9.17, 15) is 4.79 Å². The van der Waals surface area contributed by atoms with Gasteiger partial charge >= 0.3 is 5.69 Å². The molecule has 9 heteroatoms. The maximum absolute atomic E-state index is 12.4. The summed E-state index contributed by atoms with van der Waals surface area (Å²) in [5, 5.41) is 10.7. The minimum absolute atomic E-state index is 0.177. The van der Waals surface area contributed by atoms with Crippen LogP contribution < -0.4 is 20.5 Å². The molecule has 1 saturated heterocycles. The third-order valence-corrected chi connectivity index (χ3v) is 5.08. The van der Waals surface area contributed by atoms with E-state index in [1.807, 2.05) is 35.8 Å². The summed E-state index contributed by atoms with van der Waals surface area (Å²) in [7, 11) is 0. The van der Waals surface area contributed by atoms with Crippen LogP contribution in [0.25, 0.3) is 5.00 Å². The monoisotopic (exact) mass is 345 g/mol. The standard InChI is InChI=1S/C15H17N7OS/c23-15-21(17-18-22(15)14-5-3-11-24-14)12-19-7-9-20(10-8-19)13-4-1-2-6-16-13/h1-6,11H,7-10,12H2/p+2. The predicted molar refractivity (Wildman–Crippen MR) is 89.4 cm³/mol. The number of hydrogen-bond acceptors (Lipinski definition) is 5. The zero-order valence-corrected chi connectivity index (χ0v) is 13.9. The number of aromatic amines is 1. The van der Waals surface area contributed by atoms with Crippen LogP contribution in [0.1, 0.15) is 0 Å². The van der Waals surface area contributed by atoms with E-state index in [1.165, 1.54) is 25.6 Å². The molecule has 24 heavy (non-hydrogen) atoms. The van der Waals surface area contributed by atoms with Crippen LogP contribution in [0.15, 0.2) is 46.7 Å². The van der Waals surface area contributed by atoms with Crippen LogP contribution in [-0.4, -0.2) is 46.0 Å². The smallest absolute Gasteiger partial charge is 0.310 e. The first-order chi connectivity index (χ1) is 11.8. The number of quaternary nitrogens is 1. The summed E-state index contributed by atoms with van der Waals surface area (Å²) in [6.45, 7) is 4.37. The van der Waals surface area contributed by atoms with Gasteiger partial charge in [0, 0.05) is 6.07 Å². The highest BCUT2D eigenvalue weighted by molar-refractivity contribution is 7.12. The van der Waals surface area contributed by atoms with Crippen LogP contribution in [0, 0.1) is 0 Å². The van der Waals surface area contributed by atoms with Gasteiger partial charge in [0.15, 0.2) is 6.67 Å². The SMILES string of the molecule is O=c1n(C[NH+]2CCN(c3cccc[nH+]3)CC2)nnn1-c1cccs1. The second-order valence-corrected chi connectivity index (χ2v) is 6.69. The average molecular weight is 345 g/mol. The van der Waals surface area contributed by atoms with E-state index in [2.05, 4.69) is 26.4 Å². The Morgan fingerprint density at radius 1 is 1.17 bits per heavy atom. The molecule has 2 N–H and O–H groups in total. The van der Waals surface area contributed by atoms with E-state index in [1.54, 1.807) is 0 Å². The van der Waals surface area contributed by atoms with Gasteiger partial charge < -0.3 is 4.90 Å². The van der Waals surface area contributed by atoms with Crippen LogP contribution in [0.3, 0.4) is 0 Å². The fourth-order valence-electron chi connectivity index (χ4n) is 2.92. The number of hydrogen-bond donors (Lipinski definition) is 1. The van der Waals surface area contributed by atoms with Crippen molar-refractivity contribution in [2.75, 3.05) is 31.1 Å². The number of rotatable bonds is 4. The maximum Gasteiger partial charge on any atom is 0.374 e. The lowest BCUT2D eigenvalue weighted by Crippen LogP contribution is -3.14. The first-order valence-corrected chi connectivity index (χ1v) is 8.81. The quantitative estimate of drug-likeness (QED) is 0.636. The van der Waals surface area contributed by atoms with Gasteiger partial charge in [0.25, 0.3) is 5.82 Å². The Morgan fingerprint density at radius 2 is 2.04 bits per heavy atom. The van der Waals surface area contributed by atoms with Gasteiger partial charge in [0.05, 0.1) is 6.20 Å². The molecule has 3 aromatic rings. The molecule has 3 aromatic heterocycles. The molecule has 8 nitrogen and oxygen atoms in total. The van der Waals surface area contributed by atoms with E-state index < -0.39 is 0 Å². The zero-order valence-electron chi connectivity index (χ0n) is 13.1. The summed E-state index contributed by atoms with van der Waals surface area (Å²) in [5.41, 5.74) is -0.177. The Balaban J connectivity index is 1.40. The zero-order chi connectivity index (χ0) is 16.4. The van der Waals surface area contributed by atoms with Crippen LogP contribution in [0.5, 0.6) is 0 Å². The van der Waals surface area contributed by atoms with Gasteiger partial charge in [0.1, 0.15) is 31.2 Å². The molecule has 0 amide bonds. The average Bonchev–Trinajstić information content (AvgIpc) is 3.27. The summed E-state index contributed by atoms with van der Waals surface area (Å²) >= 11 is 1.48. The molecule has 0 spiro atoms. The number of anilines is 1. The van der Waals surface area contributed by atoms with Crippen molar-refractivity contribution in [3.8, 4) is 5.00 Å². The number of pyridine rings is 1. The summed E-state index contributed by atoms with van der Waals surface area (Å²) in [5.74, 6) is 1.14. The Hall–Kier alpha value is -2.52. The van der Waals surface area contributed by atoms with Gasteiger partial charge in [0.2, 0.25) is 0 Å². The molecule has 0 aliphatic carbocycles. The molecule has 0 bridgehead atoms. The van der Waals surface area contributed by atoms with Crippen molar-refractivity contribution in [2.24, 2.45) is 0 Å². The summed E-state index contributed by atoms with van der Waals surface area (Å²) < 4.78 is 2.82. The number of aromatic nitrogens is 5. The van der Waals surface area contributed by atoms with Crippen LogP contribution in [0.4, 0.5) is 5.82 Å². The van der Waals surface area contributed by atoms with Gasteiger partial charge in [-0.2, -0.15) is 0 Å². The van der Waals surface area contributed by atoms with E-state index in [0.717, 1.165) is 37.0 Å². The van der Waals surface area contributed by atoms with Gasteiger partial charge in [-0.05, 0) is 34.0 Å². The molecule has 0 atom stereocenters. The Morgan fingerprint density at radius 3 is 2.75 bits per heavy atom. The van der Waals surface area contributed by atoms with Gasteiger partial charge in [-0.1, -0.05) is 6.07 Å². The first kappa shape index (κ1) is 15.0. The number of thiophene rings is 1. The van der Waals surface area contributed by atoms with Gasteiger partial charge in [-0.15, -0.1) is 20.7 Å². The minimum atomic E-state index is -0.177. The molecule has 1 aliphatic rings. The van der Waals surface area contributed by atoms with Crippen molar-refractivity contribution < 1.29 is 9.88 Å². The minimum Gasteiger partial charge on any atom is -0.310 e. The van der Waals surface area contributed by atoms with E-state index in [4.69, 9.17) is 0 Å². The molecular weight excluding hydrogens is 326 g/mol. The summed E-state index contributed by atoms with van der Waals surface area (Å²) in [4.78, 5) is 19.3. The molecular formula is C15H19N7OS+2. The third kappa shape index (κ3) is 2.95. The number of nitrogens with one attached hydrogen (secondary N) is 2. The number of nitrogens with zero attached hydrogens (tertiary/aromatic N) is 5. The molecule has 0 unspecified atom stereocenters. The van der Waals surface area contributed by atoms with Crippen LogP contribution >= 0.6 is 11.3 Å². The fraction of sp³-hybridized carbons (Fsp3) is 0.333. The Bertz CT molecular complexity index is 834. The first-order valence-electron chi connectivity index (χ1n) is 7.93. The fourth-order valence-corrected chi connectivity index (χ4v) is 3.58. The molecule has 1 fully saturated rings. The second kappa shape index (κ2) is 6.54. The van der Waals surface area contributed by atoms with Crippen molar-refractivity contribution in [3.05, 3.63) is 52.4 Å². The normalized spacial score (nSPS) is 15.8. The highest BCUT2D eigenvalue weighted by Crippen LogP contribution is 2.10.